The van der Waals surface area contributed by atoms with Crippen molar-refractivity contribution in [1.29, 1.82) is 0 Å². The molecule has 1 aliphatic rings. The van der Waals surface area contributed by atoms with Crippen LogP contribution in [0, 0.1) is 6.92 Å². The highest BCUT2D eigenvalue weighted by Gasteiger charge is 2.18. The van der Waals surface area contributed by atoms with Gasteiger partial charge in [-0.3, -0.25) is 9.36 Å². The fourth-order valence-electron chi connectivity index (χ4n) is 3.96. The minimum atomic E-state index is -0.516. The molecule has 1 aliphatic carbocycles. The van der Waals surface area contributed by atoms with Gasteiger partial charge >= 0.3 is 5.97 Å². The molecule has 6 heteroatoms. The van der Waals surface area contributed by atoms with E-state index < -0.39 is 5.97 Å². The second kappa shape index (κ2) is 8.47. The molecular weight excluding hydrogens is 366 g/mol. The first-order chi connectivity index (χ1) is 14.1. The Labute approximate surface area is 169 Å². The summed E-state index contributed by atoms with van der Waals surface area (Å²) in [6, 6.07) is 15.4. The van der Waals surface area contributed by atoms with Crippen LogP contribution in [0.15, 0.2) is 48.5 Å². The standard InChI is InChI=1S/C23H25N3O3/c1-16-24-20-14-17(12-13-21(20)26(16)19-10-6-3-7-11-19)23(28)29-15-22(27)25-18-8-4-2-5-9-18/h3,6-7,10-14,18H,2,4-5,8-9,15H2,1H3,(H,25,27). The van der Waals surface area contributed by atoms with Gasteiger partial charge in [-0.25, -0.2) is 9.78 Å². The first-order valence-corrected chi connectivity index (χ1v) is 10.1. The van der Waals surface area contributed by atoms with Crippen molar-refractivity contribution < 1.29 is 14.3 Å². The van der Waals surface area contributed by atoms with Gasteiger partial charge in [-0.05, 0) is 50.1 Å². The quantitative estimate of drug-likeness (QED) is 0.669. The number of para-hydroxylation sites is 1. The minimum Gasteiger partial charge on any atom is -0.452 e. The van der Waals surface area contributed by atoms with E-state index >= 15 is 0 Å². The van der Waals surface area contributed by atoms with Crippen LogP contribution in [0.4, 0.5) is 0 Å². The van der Waals surface area contributed by atoms with Gasteiger partial charge in [0.2, 0.25) is 0 Å². The number of carbonyl (C=O) groups is 2. The third-order valence-electron chi connectivity index (χ3n) is 5.38. The first-order valence-electron chi connectivity index (χ1n) is 10.1. The van der Waals surface area contributed by atoms with E-state index in [9.17, 15) is 9.59 Å². The summed E-state index contributed by atoms with van der Waals surface area (Å²) in [5.74, 6) is 0.0803. The highest BCUT2D eigenvalue weighted by atomic mass is 16.5. The van der Waals surface area contributed by atoms with Gasteiger partial charge in [0.05, 0.1) is 16.6 Å². The van der Waals surface area contributed by atoms with Gasteiger partial charge in [0.1, 0.15) is 5.82 Å². The predicted octanol–water partition coefficient (Wildman–Crippen LogP) is 3.94. The smallest absolute Gasteiger partial charge is 0.338 e. The summed E-state index contributed by atoms with van der Waals surface area (Å²) in [5.41, 5.74) is 3.04. The second-order valence-corrected chi connectivity index (χ2v) is 7.51. The topological polar surface area (TPSA) is 73.2 Å². The van der Waals surface area contributed by atoms with Gasteiger partial charge in [-0.1, -0.05) is 37.5 Å². The lowest BCUT2D eigenvalue weighted by molar-refractivity contribution is -0.125. The number of aromatic nitrogens is 2. The summed E-state index contributed by atoms with van der Waals surface area (Å²) >= 11 is 0. The molecule has 2 aromatic carbocycles. The van der Waals surface area contributed by atoms with Crippen LogP contribution < -0.4 is 5.32 Å². The minimum absolute atomic E-state index is 0.205. The van der Waals surface area contributed by atoms with E-state index in [1.165, 1.54) is 6.42 Å². The third kappa shape index (κ3) is 4.31. The van der Waals surface area contributed by atoms with Crippen LogP contribution in [0.5, 0.6) is 0 Å². The number of carbonyl (C=O) groups excluding carboxylic acids is 2. The van der Waals surface area contributed by atoms with E-state index in [1.54, 1.807) is 12.1 Å². The molecule has 1 N–H and O–H groups in total. The van der Waals surface area contributed by atoms with Crippen LogP contribution >= 0.6 is 0 Å². The van der Waals surface area contributed by atoms with Crippen molar-refractivity contribution in [3.8, 4) is 5.69 Å². The summed E-state index contributed by atoms with van der Waals surface area (Å²) in [7, 11) is 0. The number of hydrogen-bond donors (Lipinski definition) is 1. The van der Waals surface area contributed by atoms with Crippen LogP contribution in [0.1, 0.15) is 48.3 Å². The van der Waals surface area contributed by atoms with E-state index in [4.69, 9.17) is 4.74 Å². The molecular formula is C23H25N3O3. The molecule has 1 heterocycles. The van der Waals surface area contributed by atoms with Gasteiger partial charge in [-0.15, -0.1) is 0 Å². The summed E-state index contributed by atoms with van der Waals surface area (Å²) in [4.78, 5) is 29.1. The molecule has 3 aromatic rings. The van der Waals surface area contributed by atoms with E-state index in [0.29, 0.717) is 11.1 Å². The lowest BCUT2D eigenvalue weighted by atomic mass is 9.95. The van der Waals surface area contributed by atoms with E-state index in [1.807, 2.05) is 47.9 Å². The fraction of sp³-hybridized carbons (Fsp3) is 0.348. The molecule has 0 spiro atoms. The lowest BCUT2D eigenvalue weighted by Crippen LogP contribution is -2.38. The molecule has 29 heavy (non-hydrogen) atoms. The lowest BCUT2D eigenvalue weighted by Gasteiger charge is -2.22. The molecule has 0 atom stereocenters. The number of fused-ring (bicyclic) bond motifs is 1. The number of esters is 1. The second-order valence-electron chi connectivity index (χ2n) is 7.51. The van der Waals surface area contributed by atoms with Crippen LogP contribution in [0.3, 0.4) is 0 Å². The molecule has 4 rings (SSSR count). The zero-order valence-electron chi connectivity index (χ0n) is 16.6. The molecule has 150 valence electrons. The molecule has 0 saturated heterocycles. The van der Waals surface area contributed by atoms with Crippen molar-refractivity contribution in [2.75, 3.05) is 6.61 Å². The summed E-state index contributed by atoms with van der Waals surface area (Å²) in [6.07, 6.45) is 5.50. The summed E-state index contributed by atoms with van der Waals surface area (Å²) in [6.45, 7) is 1.67. The van der Waals surface area contributed by atoms with Crippen molar-refractivity contribution >= 4 is 22.9 Å². The molecule has 1 amide bonds. The number of ether oxygens (including phenoxy) is 1. The number of benzene rings is 2. The normalized spacial score (nSPS) is 14.7. The number of rotatable bonds is 5. The first kappa shape index (κ1) is 19.2. The van der Waals surface area contributed by atoms with Gasteiger partial charge in [0, 0.05) is 11.7 Å². The predicted molar refractivity (Wildman–Crippen MR) is 111 cm³/mol. The highest BCUT2D eigenvalue weighted by Crippen LogP contribution is 2.22. The Kier molecular flexibility index (Phi) is 5.60. The number of nitrogens with one attached hydrogen (secondary N) is 1. The van der Waals surface area contributed by atoms with Crippen molar-refractivity contribution in [1.82, 2.24) is 14.9 Å². The SMILES string of the molecule is Cc1nc2cc(C(=O)OCC(=O)NC3CCCCC3)ccc2n1-c1ccccc1. The maximum absolute atomic E-state index is 12.4. The van der Waals surface area contributed by atoms with Crippen LogP contribution in [-0.4, -0.2) is 34.1 Å². The molecule has 6 nitrogen and oxygen atoms in total. The van der Waals surface area contributed by atoms with Crippen molar-refractivity contribution in [2.24, 2.45) is 0 Å². The van der Waals surface area contributed by atoms with Gasteiger partial charge < -0.3 is 10.1 Å². The van der Waals surface area contributed by atoms with Gasteiger partial charge in [-0.2, -0.15) is 0 Å². The van der Waals surface area contributed by atoms with Gasteiger partial charge in [0.15, 0.2) is 6.61 Å². The Morgan fingerprint density at radius 1 is 1.10 bits per heavy atom. The Bertz CT molecular complexity index is 1020. The number of imidazole rings is 1. The van der Waals surface area contributed by atoms with Crippen LogP contribution in [0.2, 0.25) is 0 Å². The zero-order valence-corrected chi connectivity index (χ0v) is 16.6. The zero-order chi connectivity index (χ0) is 20.2. The highest BCUT2D eigenvalue weighted by molar-refractivity contribution is 5.95. The average Bonchev–Trinajstić information content (AvgIpc) is 3.08. The Balaban J connectivity index is 1.44. The Hall–Kier alpha value is -3.15. The maximum atomic E-state index is 12.4. The summed E-state index contributed by atoms with van der Waals surface area (Å²) < 4.78 is 7.26. The largest absolute Gasteiger partial charge is 0.452 e. The van der Waals surface area contributed by atoms with Crippen molar-refractivity contribution in [3.63, 3.8) is 0 Å². The van der Waals surface area contributed by atoms with Crippen molar-refractivity contribution in [2.45, 2.75) is 45.1 Å². The van der Waals surface area contributed by atoms with Crippen LogP contribution in [0.25, 0.3) is 16.7 Å². The molecule has 0 unspecified atom stereocenters. The fourth-order valence-corrected chi connectivity index (χ4v) is 3.96. The maximum Gasteiger partial charge on any atom is 0.338 e. The number of aryl methyl sites for hydroxylation is 1. The third-order valence-corrected chi connectivity index (χ3v) is 5.38. The van der Waals surface area contributed by atoms with E-state index in [2.05, 4.69) is 10.3 Å². The Morgan fingerprint density at radius 2 is 1.86 bits per heavy atom. The summed E-state index contributed by atoms with van der Waals surface area (Å²) in [5, 5.41) is 2.95. The van der Waals surface area contributed by atoms with E-state index in [0.717, 1.165) is 42.7 Å². The number of amides is 1. The van der Waals surface area contributed by atoms with Gasteiger partial charge in [0.25, 0.3) is 5.91 Å². The van der Waals surface area contributed by atoms with Crippen LogP contribution in [-0.2, 0) is 9.53 Å². The number of hydrogen-bond acceptors (Lipinski definition) is 4. The monoisotopic (exact) mass is 391 g/mol. The van der Waals surface area contributed by atoms with Crippen molar-refractivity contribution in [3.05, 3.63) is 59.9 Å². The molecule has 1 aromatic heterocycles. The molecule has 0 bridgehead atoms. The number of nitrogens with zero attached hydrogens (tertiary/aromatic N) is 2. The molecule has 0 radical (unpaired) electrons. The molecule has 0 aliphatic heterocycles. The molecule has 1 saturated carbocycles. The Morgan fingerprint density at radius 3 is 2.62 bits per heavy atom. The van der Waals surface area contributed by atoms with E-state index in [-0.39, 0.29) is 18.6 Å². The average molecular weight is 391 g/mol. The molecule has 1 fully saturated rings.